The zero-order chi connectivity index (χ0) is 22.7. The standard InChI is InChI=1S/C22H23N7O3/c1-13-26-15-8-18-19(9-16(15)27-13)32-11-17(22(31)29(18)2)28-21(30)20(23)25-12-24-10-14-6-4-3-5-7-14/h3-9,12,17H,10-11H2,1-2H3,(H,26,27)(H,28,30)(H2,23,24,25)/t17-/m0/s1. The molecular weight excluding hydrogens is 410 g/mol. The number of hydrogen-bond acceptors (Lipinski definition) is 5. The molecule has 10 nitrogen and oxygen atoms in total. The number of aromatic amines is 1. The van der Waals surface area contributed by atoms with E-state index in [-0.39, 0.29) is 18.3 Å². The van der Waals surface area contributed by atoms with Crippen LogP contribution in [0, 0.1) is 6.92 Å². The maximum atomic E-state index is 12.9. The summed E-state index contributed by atoms with van der Waals surface area (Å²) in [7, 11) is 1.62. The average molecular weight is 433 g/mol. The molecule has 164 valence electrons. The predicted octanol–water partition coefficient (Wildman–Crippen LogP) is 1.30. The summed E-state index contributed by atoms with van der Waals surface area (Å²) in [6.45, 7) is 2.22. The number of carbonyl (C=O) groups is 2. The van der Waals surface area contributed by atoms with E-state index in [9.17, 15) is 9.59 Å². The van der Waals surface area contributed by atoms with Gasteiger partial charge in [-0.15, -0.1) is 0 Å². The van der Waals surface area contributed by atoms with E-state index < -0.39 is 11.9 Å². The summed E-state index contributed by atoms with van der Waals surface area (Å²) in [5, 5.41) is 2.58. The van der Waals surface area contributed by atoms with Crippen molar-refractivity contribution in [2.45, 2.75) is 19.5 Å². The van der Waals surface area contributed by atoms with Crippen LogP contribution in [0.25, 0.3) is 11.0 Å². The van der Waals surface area contributed by atoms with E-state index >= 15 is 0 Å². The fourth-order valence-electron chi connectivity index (χ4n) is 3.36. The maximum Gasteiger partial charge on any atom is 0.287 e. The molecule has 0 aliphatic carbocycles. The van der Waals surface area contributed by atoms with Crippen LogP contribution >= 0.6 is 0 Å². The highest BCUT2D eigenvalue weighted by Crippen LogP contribution is 2.34. The van der Waals surface area contributed by atoms with Crippen LogP contribution in [0.4, 0.5) is 5.69 Å². The van der Waals surface area contributed by atoms with Gasteiger partial charge in [-0.1, -0.05) is 30.3 Å². The number of fused-ring (bicyclic) bond motifs is 2. The summed E-state index contributed by atoms with van der Waals surface area (Å²) >= 11 is 0. The molecule has 2 heterocycles. The van der Waals surface area contributed by atoms with Crippen LogP contribution in [0.3, 0.4) is 0 Å². The molecule has 0 fully saturated rings. The lowest BCUT2D eigenvalue weighted by Gasteiger charge is -2.20. The Morgan fingerprint density at radius 2 is 2.16 bits per heavy atom. The number of ether oxygens (including phenoxy) is 1. The Hall–Kier alpha value is -4.21. The van der Waals surface area contributed by atoms with Gasteiger partial charge < -0.3 is 25.7 Å². The van der Waals surface area contributed by atoms with Crippen LogP contribution in [0.5, 0.6) is 5.75 Å². The second-order valence-corrected chi connectivity index (χ2v) is 7.35. The molecule has 32 heavy (non-hydrogen) atoms. The SMILES string of the molecule is Cc1nc2cc3c(cc2[nH]1)N(C)C(=O)[C@@H](NC(=O)C(N)=NC=NCc1ccccc1)CO3. The maximum absolute atomic E-state index is 12.9. The van der Waals surface area contributed by atoms with Gasteiger partial charge in [0, 0.05) is 13.1 Å². The summed E-state index contributed by atoms with van der Waals surface area (Å²) in [6.07, 6.45) is 1.23. The van der Waals surface area contributed by atoms with Crippen molar-refractivity contribution >= 4 is 40.7 Å². The first-order valence-electron chi connectivity index (χ1n) is 9.99. The predicted molar refractivity (Wildman–Crippen MR) is 122 cm³/mol. The summed E-state index contributed by atoms with van der Waals surface area (Å²) in [5.41, 5.74) is 8.86. The van der Waals surface area contributed by atoms with E-state index in [4.69, 9.17) is 10.5 Å². The molecule has 4 rings (SSSR count). The third-order valence-electron chi connectivity index (χ3n) is 5.01. The number of rotatable bonds is 4. The number of hydrogen-bond donors (Lipinski definition) is 3. The third-order valence-corrected chi connectivity index (χ3v) is 5.01. The topological polar surface area (TPSA) is 138 Å². The Labute approximate surface area is 184 Å². The highest BCUT2D eigenvalue weighted by atomic mass is 16.5. The minimum atomic E-state index is -0.928. The normalized spacial score (nSPS) is 16.7. The fraction of sp³-hybridized carbons (Fsp3) is 0.227. The van der Waals surface area contributed by atoms with Crippen molar-refractivity contribution in [2.24, 2.45) is 15.7 Å². The molecule has 0 bridgehead atoms. The number of H-pyrrole nitrogens is 1. The second kappa shape index (κ2) is 8.88. The van der Waals surface area contributed by atoms with Crippen molar-refractivity contribution in [2.75, 3.05) is 18.6 Å². The van der Waals surface area contributed by atoms with Crippen LogP contribution < -0.4 is 20.7 Å². The number of aromatic nitrogens is 2. The highest BCUT2D eigenvalue weighted by molar-refractivity contribution is 6.38. The number of nitrogens with zero attached hydrogens (tertiary/aromatic N) is 4. The monoisotopic (exact) mass is 433 g/mol. The van der Waals surface area contributed by atoms with Crippen molar-refractivity contribution in [1.82, 2.24) is 15.3 Å². The molecule has 1 aliphatic heterocycles. The van der Waals surface area contributed by atoms with E-state index in [1.807, 2.05) is 37.3 Å². The molecule has 10 heteroatoms. The highest BCUT2D eigenvalue weighted by Gasteiger charge is 2.31. The largest absolute Gasteiger partial charge is 0.489 e. The summed E-state index contributed by atoms with van der Waals surface area (Å²) in [6, 6.07) is 12.2. The van der Waals surface area contributed by atoms with Gasteiger partial charge in [-0.3, -0.25) is 14.6 Å². The Balaban J connectivity index is 1.42. The van der Waals surface area contributed by atoms with E-state index in [1.54, 1.807) is 19.2 Å². The Kier molecular flexibility index (Phi) is 5.84. The molecule has 0 radical (unpaired) electrons. The molecule has 1 atom stereocenters. The zero-order valence-electron chi connectivity index (χ0n) is 17.7. The van der Waals surface area contributed by atoms with Gasteiger partial charge in [0.15, 0.2) is 5.84 Å². The van der Waals surface area contributed by atoms with Crippen molar-refractivity contribution in [3.8, 4) is 5.75 Å². The number of aliphatic imine (C=N–C) groups is 2. The molecule has 0 spiro atoms. The van der Waals surface area contributed by atoms with Gasteiger partial charge in [0.2, 0.25) is 0 Å². The van der Waals surface area contributed by atoms with Crippen LogP contribution in [0.1, 0.15) is 11.4 Å². The summed E-state index contributed by atoms with van der Waals surface area (Å²) in [4.78, 5) is 42.3. The van der Waals surface area contributed by atoms with Crippen molar-refractivity contribution < 1.29 is 14.3 Å². The molecule has 0 unspecified atom stereocenters. The van der Waals surface area contributed by atoms with E-state index in [0.717, 1.165) is 22.4 Å². The summed E-state index contributed by atoms with van der Waals surface area (Å²) in [5.74, 6) is -0.0419. The minimum absolute atomic E-state index is 0.0494. The molecule has 2 amide bonds. The lowest BCUT2D eigenvalue weighted by Crippen LogP contribution is -2.52. The van der Waals surface area contributed by atoms with E-state index in [1.165, 1.54) is 11.2 Å². The minimum Gasteiger partial charge on any atom is -0.489 e. The smallest absolute Gasteiger partial charge is 0.287 e. The van der Waals surface area contributed by atoms with E-state index in [2.05, 4.69) is 25.3 Å². The molecule has 1 aliphatic rings. The number of imidazole rings is 1. The average Bonchev–Trinajstić information content (AvgIpc) is 3.12. The molecule has 0 saturated heterocycles. The Morgan fingerprint density at radius 1 is 1.38 bits per heavy atom. The number of benzene rings is 2. The fourth-order valence-corrected chi connectivity index (χ4v) is 3.36. The van der Waals surface area contributed by atoms with Gasteiger partial charge in [-0.05, 0) is 18.6 Å². The van der Waals surface area contributed by atoms with Crippen molar-refractivity contribution in [1.29, 1.82) is 0 Å². The number of carbonyl (C=O) groups excluding carboxylic acids is 2. The number of likely N-dealkylation sites (N-methyl/N-ethyl adjacent to an activating group) is 1. The number of anilines is 1. The van der Waals surface area contributed by atoms with Gasteiger partial charge in [0.25, 0.3) is 11.8 Å². The van der Waals surface area contributed by atoms with Crippen LogP contribution in [-0.4, -0.2) is 53.7 Å². The van der Waals surface area contributed by atoms with Crippen molar-refractivity contribution in [3.05, 3.63) is 53.9 Å². The zero-order valence-corrected chi connectivity index (χ0v) is 17.7. The van der Waals surface area contributed by atoms with Gasteiger partial charge in [-0.2, -0.15) is 0 Å². The van der Waals surface area contributed by atoms with Crippen molar-refractivity contribution in [3.63, 3.8) is 0 Å². The first-order valence-corrected chi connectivity index (χ1v) is 9.99. The quantitative estimate of drug-likeness (QED) is 0.421. The lowest BCUT2D eigenvalue weighted by atomic mass is 10.2. The molecule has 0 saturated carbocycles. The van der Waals surface area contributed by atoms with Gasteiger partial charge in [0.1, 0.15) is 30.6 Å². The summed E-state index contributed by atoms with van der Waals surface area (Å²) < 4.78 is 5.81. The number of aryl methyl sites for hydroxylation is 1. The molecular formula is C22H23N7O3. The second-order valence-electron chi connectivity index (χ2n) is 7.35. The van der Waals surface area contributed by atoms with Gasteiger partial charge in [0.05, 0.1) is 23.3 Å². The lowest BCUT2D eigenvalue weighted by molar-refractivity contribution is -0.124. The number of nitrogens with one attached hydrogen (secondary N) is 2. The van der Waals surface area contributed by atoms with Gasteiger partial charge >= 0.3 is 0 Å². The van der Waals surface area contributed by atoms with Crippen LogP contribution in [-0.2, 0) is 16.1 Å². The first-order chi connectivity index (χ1) is 15.4. The molecule has 3 aromatic rings. The van der Waals surface area contributed by atoms with Crippen LogP contribution in [0.2, 0.25) is 0 Å². The third kappa shape index (κ3) is 4.43. The van der Waals surface area contributed by atoms with Gasteiger partial charge in [-0.25, -0.2) is 9.98 Å². The Morgan fingerprint density at radius 3 is 2.94 bits per heavy atom. The van der Waals surface area contributed by atoms with Crippen LogP contribution in [0.15, 0.2) is 52.4 Å². The number of amidine groups is 1. The molecule has 1 aromatic heterocycles. The Bertz CT molecular complexity index is 1220. The number of amides is 2. The number of nitrogens with two attached hydrogens (primary N) is 1. The molecule has 4 N–H and O–H groups in total. The van der Waals surface area contributed by atoms with E-state index in [0.29, 0.717) is 18.0 Å². The molecule has 2 aromatic carbocycles. The first kappa shape index (κ1) is 21.0.